The normalized spacial score (nSPS) is 17.1. The topological polar surface area (TPSA) is 61.5 Å². The molecule has 3 aliphatic rings. The van der Waals surface area contributed by atoms with E-state index in [4.69, 9.17) is 19.8 Å². The number of piperazine rings is 1. The number of halogens is 2. The second kappa shape index (κ2) is 11.4. The van der Waals surface area contributed by atoms with Crippen molar-refractivity contribution in [3.63, 3.8) is 0 Å². The largest absolute Gasteiger partial charge is 0.496 e. The monoisotopic (exact) mass is 675 g/mol. The summed E-state index contributed by atoms with van der Waals surface area (Å²) in [6, 6.07) is 30.9. The van der Waals surface area contributed by atoms with E-state index >= 15 is 0 Å². The number of rotatable bonds is 4. The Morgan fingerprint density at radius 2 is 1.50 bits per heavy atom. The summed E-state index contributed by atoms with van der Waals surface area (Å²) in [5.74, 6) is 2.92. The first-order valence-electron chi connectivity index (χ1n) is 15.3. The average molecular weight is 677 g/mol. The minimum atomic E-state index is -0.292. The van der Waals surface area contributed by atoms with Crippen molar-refractivity contribution in [2.45, 2.75) is 13.0 Å². The van der Waals surface area contributed by atoms with Gasteiger partial charge in [0.15, 0.2) is 17.5 Å². The first-order chi connectivity index (χ1) is 22.5. The molecule has 0 amide bonds. The minimum Gasteiger partial charge on any atom is -0.496 e. The molecule has 4 aromatic carbocycles. The molecule has 0 bridgehead atoms. The van der Waals surface area contributed by atoms with Gasteiger partial charge in [-0.3, -0.25) is 0 Å². The number of benzene rings is 4. The third kappa shape index (κ3) is 4.75. The molecule has 230 valence electrons. The quantitative estimate of drug-likeness (QED) is 0.196. The van der Waals surface area contributed by atoms with Gasteiger partial charge in [-0.25, -0.2) is 19.1 Å². The molecule has 5 aromatic rings. The molecule has 1 atom stereocenters. The SMILES string of the molecule is COc1ccc(Br)cc1[C@@H]1c2c(C)nn(-c3ccccc3)c2N=C2C(N3CCN(c4ccc(F)cc4)CC3)=Nc3ccccc3N21. The van der Waals surface area contributed by atoms with Crippen LogP contribution in [0.25, 0.3) is 5.69 Å². The van der Waals surface area contributed by atoms with Crippen molar-refractivity contribution < 1.29 is 9.13 Å². The van der Waals surface area contributed by atoms with Gasteiger partial charge in [-0.05, 0) is 73.7 Å². The second-order valence-corrected chi connectivity index (χ2v) is 12.5. The van der Waals surface area contributed by atoms with Crippen molar-refractivity contribution in [1.29, 1.82) is 0 Å². The first kappa shape index (κ1) is 28.5. The molecule has 1 saturated heterocycles. The van der Waals surface area contributed by atoms with E-state index in [2.05, 4.69) is 55.8 Å². The Morgan fingerprint density at radius 3 is 2.26 bits per heavy atom. The van der Waals surface area contributed by atoms with Crippen LogP contribution in [-0.4, -0.2) is 59.6 Å². The van der Waals surface area contributed by atoms with Gasteiger partial charge in [0.2, 0.25) is 0 Å². The smallest absolute Gasteiger partial charge is 0.179 e. The van der Waals surface area contributed by atoms with Crippen molar-refractivity contribution in [2.24, 2.45) is 9.98 Å². The number of amidine groups is 2. The van der Waals surface area contributed by atoms with Crippen LogP contribution >= 0.6 is 15.9 Å². The van der Waals surface area contributed by atoms with Gasteiger partial charge in [0.25, 0.3) is 0 Å². The maximum Gasteiger partial charge on any atom is 0.179 e. The molecule has 10 heteroatoms. The molecule has 1 fully saturated rings. The number of aliphatic imine (C=N–C) groups is 2. The van der Waals surface area contributed by atoms with Crippen LogP contribution in [0.15, 0.2) is 112 Å². The number of methoxy groups -OCH3 is 1. The lowest BCUT2D eigenvalue weighted by Crippen LogP contribution is -2.55. The predicted octanol–water partition coefficient (Wildman–Crippen LogP) is 7.60. The standard InChI is InChI=1S/C36H31BrFN7O/c1-23-32-33(28-22-24(37)12-17-31(28)46-2)44-30-11-7-6-10-29(30)39-35(36(44)40-34(32)45(41-23)27-8-4-3-5-9-27)43-20-18-42(19-21-43)26-15-13-25(38)14-16-26/h3-17,22,33H,18-21H2,1-2H3/t33-/m1/s1. The molecule has 3 aliphatic heterocycles. The molecule has 0 N–H and O–H groups in total. The molecular formula is C36H31BrFN7O. The Bertz CT molecular complexity index is 2000. The number of hydrogen-bond donors (Lipinski definition) is 0. The third-order valence-electron chi connectivity index (χ3n) is 8.88. The number of aromatic nitrogens is 2. The summed E-state index contributed by atoms with van der Waals surface area (Å²) < 4.78 is 22.5. The fraction of sp³-hybridized carbons (Fsp3) is 0.194. The fourth-order valence-corrected chi connectivity index (χ4v) is 7.08. The van der Waals surface area contributed by atoms with Gasteiger partial charge in [0, 0.05) is 47.5 Å². The molecule has 1 aromatic heterocycles. The van der Waals surface area contributed by atoms with Crippen LogP contribution < -0.4 is 14.5 Å². The predicted molar refractivity (Wildman–Crippen MR) is 184 cm³/mol. The van der Waals surface area contributed by atoms with Crippen molar-refractivity contribution in [1.82, 2.24) is 14.7 Å². The Balaban J connectivity index is 1.30. The lowest BCUT2D eigenvalue weighted by Gasteiger charge is -2.44. The Kier molecular flexibility index (Phi) is 7.09. The van der Waals surface area contributed by atoms with E-state index in [0.717, 1.165) is 93.5 Å². The third-order valence-corrected chi connectivity index (χ3v) is 9.37. The van der Waals surface area contributed by atoms with Gasteiger partial charge >= 0.3 is 0 Å². The molecular weight excluding hydrogens is 645 g/mol. The Labute approximate surface area is 275 Å². The van der Waals surface area contributed by atoms with Crippen LogP contribution in [-0.2, 0) is 0 Å². The van der Waals surface area contributed by atoms with E-state index in [1.807, 2.05) is 71.4 Å². The van der Waals surface area contributed by atoms with Crippen LogP contribution in [0.2, 0.25) is 0 Å². The van der Waals surface area contributed by atoms with Crippen LogP contribution in [0.4, 0.5) is 27.3 Å². The van der Waals surface area contributed by atoms with Gasteiger partial charge in [-0.2, -0.15) is 5.10 Å². The summed E-state index contributed by atoms with van der Waals surface area (Å²) in [6.07, 6.45) is 0. The zero-order valence-corrected chi connectivity index (χ0v) is 27.0. The van der Waals surface area contributed by atoms with Crippen molar-refractivity contribution >= 4 is 50.5 Å². The van der Waals surface area contributed by atoms with Crippen LogP contribution in [0, 0.1) is 12.7 Å². The molecule has 8 rings (SSSR count). The molecule has 0 aliphatic carbocycles. The highest BCUT2D eigenvalue weighted by atomic mass is 79.9. The average Bonchev–Trinajstić information content (AvgIpc) is 3.43. The Hall–Kier alpha value is -4.96. The van der Waals surface area contributed by atoms with Crippen molar-refractivity contribution in [3.05, 3.63) is 124 Å². The Morgan fingerprint density at radius 1 is 0.783 bits per heavy atom. The fourth-order valence-electron chi connectivity index (χ4n) is 6.70. The summed E-state index contributed by atoms with van der Waals surface area (Å²) in [7, 11) is 1.71. The zero-order chi connectivity index (χ0) is 31.4. The van der Waals surface area contributed by atoms with Crippen LogP contribution in [0.1, 0.15) is 22.9 Å². The number of fused-ring (bicyclic) bond motifs is 4. The zero-order valence-electron chi connectivity index (χ0n) is 25.4. The minimum absolute atomic E-state index is 0.228. The number of anilines is 2. The summed E-state index contributed by atoms with van der Waals surface area (Å²) in [6.45, 7) is 5.07. The summed E-state index contributed by atoms with van der Waals surface area (Å²) in [5.41, 5.74) is 6.71. The van der Waals surface area contributed by atoms with Gasteiger partial charge in [0.05, 0.1) is 35.9 Å². The van der Waals surface area contributed by atoms with E-state index < -0.39 is 0 Å². The second-order valence-electron chi connectivity index (χ2n) is 11.5. The molecule has 0 saturated carbocycles. The van der Waals surface area contributed by atoms with Gasteiger partial charge < -0.3 is 19.4 Å². The lowest BCUT2D eigenvalue weighted by molar-refractivity contribution is 0.388. The van der Waals surface area contributed by atoms with Crippen LogP contribution in [0.5, 0.6) is 5.75 Å². The van der Waals surface area contributed by atoms with Crippen molar-refractivity contribution in [3.8, 4) is 11.4 Å². The maximum absolute atomic E-state index is 13.6. The van der Waals surface area contributed by atoms with Crippen LogP contribution in [0.3, 0.4) is 0 Å². The number of ether oxygens (including phenoxy) is 1. The lowest BCUT2D eigenvalue weighted by atomic mass is 9.92. The summed E-state index contributed by atoms with van der Waals surface area (Å²) >= 11 is 3.73. The first-order valence-corrected chi connectivity index (χ1v) is 16.1. The highest BCUT2D eigenvalue weighted by Gasteiger charge is 2.44. The maximum atomic E-state index is 13.6. The number of nitrogens with zero attached hydrogens (tertiary/aromatic N) is 7. The van der Waals surface area contributed by atoms with E-state index in [-0.39, 0.29) is 11.9 Å². The molecule has 4 heterocycles. The molecule has 0 radical (unpaired) electrons. The van der Waals surface area contributed by atoms with E-state index in [0.29, 0.717) is 0 Å². The highest BCUT2D eigenvalue weighted by molar-refractivity contribution is 9.10. The van der Waals surface area contributed by atoms with Gasteiger partial charge in [-0.15, -0.1) is 0 Å². The molecule has 46 heavy (non-hydrogen) atoms. The number of hydrogen-bond acceptors (Lipinski definition) is 7. The molecule has 0 unspecified atom stereocenters. The van der Waals surface area contributed by atoms with E-state index in [9.17, 15) is 4.39 Å². The summed E-state index contributed by atoms with van der Waals surface area (Å²) in [4.78, 5) is 17.6. The number of para-hydroxylation sites is 3. The van der Waals surface area contributed by atoms with E-state index in [1.165, 1.54) is 12.1 Å². The molecule has 8 nitrogen and oxygen atoms in total. The van der Waals surface area contributed by atoms with Gasteiger partial charge in [0.1, 0.15) is 11.6 Å². The van der Waals surface area contributed by atoms with Crippen molar-refractivity contribution in [2.75, 3.05) is 43.1 Å². The van der Waals surface area contributed by atoms with E-state index in [1.54, 1.807) is 7.11 Å². The van der Waals surface area contributed by atoms with Gasteiger partial charge in [-0.1, -0.05) is 46.3 Å². The molecule has 0 spiro atoms. The summed E-state index contributed by atoms with van der Waals surface area (Å²) in [5, 5.41) is 5.06. The number of aryl methyl sites for hydroxylation is 1. The highest BCUT2D eigenvalue weighted by Crippen LogP contribution is 2.50.